The number of allylic oxidation sites excluding steroid dienone is 1. The second-order valence-electron chi connectivity index (χ2n) is 5.94. The minimum atomic E-state index is -0.214. The van der Waals surface area contributed by atoms with E-state index in [1.807, 2.05) is 13.8 Å². The summed E-state index contributed by atoms with van der Waals surface area (Å²) in [5, 5.41) is 6.69. The number of hydrogen-bond donors (Lipinski definition) is 2. The first kappa shape index (κ1) is 20.7. The van der Waals surface area contributed by atoms with Crippen LogP contribution in [-0.4, -0.2) is 38.3 Å². The van der Waals surface area contributed by atoms with Crippen molar-refractivity contribution in [1.29, 1.82) is 0 Å². The average molecular weight is 409 g/mol. The molecule has 5 heteroatoms. The number of hydrogen-bond acceptors (Lipinski definition) is 2. The molecule has 0 atom stereocenters. The van der Waals surface area contributed by atoms with E-state index in [1.54, 1.807) is 12.7 Å². The Labute approximate surface area is 147 Å². The monoisotopic (exact) mass is 409 g/mol. The zero-order valence-electron chi connectivity index (χ0n) is 14.0. The predicted molar refractivity (Wildman–Crippen MR) is 102 cm³/mol. The number of aliphatic imine (C=N–C) groups is 1. The molecule has 1 aliphatic carbocycles. The summed E-state index contributed by atoms with van der Waals surface area (Å²) in [6.07, 6.45) is 8.76. The number of halogens is 1. The van der Waals surface area contributed by atoms with Crippen molar-refractivity contribution in [2.45, 2.75) is 58.5 Å². The number of ether oxygens (including phenoxy) is 1. The normalized spacial score (nSPS) is 16.0. The second kappa shape index (κ2) is 11.3. The molecule has 0 spiro atoms. The maximum atomic E-state index is 5.39. The summed E-state index contributed by atoms with van der Waals surface area (Å²) in [4.78, 5) is 4.59. The van der Waals surface area contributed by atoms with Crippen LogP contribution < -0.4 is 10.6 Å². The number of methoxy groups -OCH3 is 1. The molecule has 0 saturated carbocycles. The van der Waals surface area contributed by atoms with Crippen LogP contribution in [0.2, 0.25) is 0 Å². The van der Waals surface area contributed by atoms with Crippen LogP contribution >= 0.6 is 24.0 Å². The molecule has 0 aromatic carbocycles. The Morgan fingerprint density at radius 2 is 2.10 bits per heavy atom. The summed E-state index contributed by atoms with van der Waals surface area (Å²) in [5.41, 5.74) is 1.38. The molecule has 0 aromatic heterocycles. The maximum absolute atomic E-state index is 5.39. The van der Waals surface area contributed by atoms with Crippen molar-refractivity contribution in [1.82, 2.24) is 10.6 Å². The smallest absolute Gasteiger partial charge is 0.191 e. The van der Waals surface area contributed by atoms with Crippen molar-refractivity contribution < 1.29 is 4.74 Å². The molecular formula is C16H32IN3O. The van der Waals surface area contributed by atoms with E-state index in [0.29, 0.717) is 6.54 Å². The summed E-state index contributed by atoms with van der Waals surface area (Å²) in [5.74, 6) is 0.883. The molecule has 1 rings (SSSR count). The third kappa shape index (κ3) is 9.34. The van der Waals surface area contributed by atoms with Crippen LogP contribution in [0, 0.1) is 0 Å². The SMILES string of the molecule is CCNC(=NCC(C)(C)OC)NCCC1=CCCCC1.I. The molecule has 0 bridgehead atoms. The zero-order valence-corrected chi connectivity index (χ0v) is 16.3. The molecule has 0 aliphatic heterocycles. The molecule has 0 heterocycles. The molecule has 0 radical (unpaired) electrons. The Morgan fingerprint density at radius 1 is 1.33 bits per heavy atom. The van der Waals surface area contributed by atoms with Gasteiger partial charge >= 0.3 is 0 Å². The van der Waals surface area contributed by atoms with Gasteiger partial charge in [-0.3, -0.25) is 4.99 Å². The minimum Gasteiger partial charge on any atom is -0.377 e. The van der Waals surface area contributed by atoms with E-state index in [4.69, 9.17) is 4.74 Å². The van der Waals surface area contributed by atoms with Gasteiger partial charge in [-0.1, -0.05) is 11.6 Å². The van der Waals surface area contributed by atoms with Crippen LogP contribution in [0.1, 0.15) is 52.9 Å². The first-order valence-electron chi connectivity index (χ1n) is 7.82. The lowest BCUT2D eigenvalue weighted by molar-refractivity contribution is 0.0310. The van der Waals surface area contributed by atoms with E-state index >= 15 is 0 Å². The Bertz CT molecular complexity index is 340. The van der Waals surface area contributed by atoms with Gasteiger partial charge in [-0.25, -0.2) is 0 Å². The number of guanidine groups is 1. The maximum Gasteiger partial charge on any atom is 0.191 e. The van der Waals surface area contributed by atoms with Crippen LogP contribution in [-0.2, 0) is 4.74 Å². The fourth-order valence-electron chi connectivity index (χ4n) is 2.15. The van der Waals surface area contributed by atoms with Gasteiger partial charge in [-0.05, 0) is 52.9 Å². The highest BCUT2D eigenvalue weighted by atomic mass is 127. The Kier molecular flexibility index (Phi) is 11.1. The van der Waals surface area contributed by atoms with Crippen molar-refractivity contribution >= 4 is 29.9 Å². The van der Waals surface area contributed by atoms with Crippen LogP contribution in [0.15, 0.2) is 16.6 Å². The quantitative estimate of drug-likeness (QED) is 0.293. The molecular weight excluding hydrogens is 377 g/mol. The highest BCUT2D eigenvalue weighted by molar-refractivity contribution is 14.0. The average Bonchev–Trinajstić information content (AvgIpc) is 2.46. The van der Waals surface area contributed by atoms with Gasteiger partial charge in [-0.15, -0.1) is 24.0 Å². The lowest BCUT2D eigenvalue weighted by Gasteiger charge is -2.21. The van der Waals surface area contributed by atoms with Crippen LogP contribution in [0.4, 0.5) is 0 Å². The van der Waals surface area contributed by atoms with Gasteiger partial charge in [0.1, 0.15) is 0 Å². The van der Waals surface area contributed by atoms with Crippen LogP contribution in [0.5, 0.6) is 0 Å². The molecule has 124 valence electrons. The minimum absolute atomic E-state index is 0. The molecule has 0 amide bonds. The third-order valence-electron chi connectivity index (χ3n) is 3.64. The van der Waals surface area contributed by atoms with E-state index in [1.165, 1.54) is 25.7 Å². The van der Waals surface area contributed by atoms with Crippen molar-refractivity contribution in [3.8, 4) is 0 Å². The van der Waals surface area contributed by atoms with Gasteiger partial charge in [0.2, 0.25) is 0 Å². The van der Waals surface area contributed by atoms with E-state index in [-0.39, 0.29) is 29.6 Å². The van der Waals surface area contributed by atoms with Gasteiger partial charge in [0, 0.05) is 20.2 Å². The molecule has 0 unspecified atom stereocenters. The standard InChI is InChI=1S/C16H31N3O.HI/c1-5-17-15(19-13-16(2,3)20-4)18-12-11-14-9-7-6-8-10-14;/h9H,5-8,10-13H2,1-4H3,(H2,17,18,19);1H. The van der Waals surface area contributed by atoms with E-state index in [9.17, 15) is 0 Å². The highest BCUT2D eigenvalue weighted by Crippen LogP contribution is 2.19. The van der Waals surface area contributed by atoms with Crippen molar-refractivity contribution in [3.63, 3.8) is 0 Å². The summed E-state index contributed by atoms with van der Waals surface area (Å²) in [6, 6.07) is 0. The molecule has 0 fully saturated rings. The molecule has 0 saturated heterocycles. The molecule has 4 nitrogen and oxygen atoms in total. The fourth-order valence-corrected chi connectivity index (χ4v) is 2.15. The summed E-state index contributed by atoms with van der Waals surface area (Å²) >= 11 is 0. The molecule has 21 heavy (non-hydrogen) atoms. The van der Waals surface area contributed by atoms with Gasteiger partial charge in [-0.2, -0.15) is 0 Å². The van der Waals surface area contributed by atoms with Gasteiger partial charge in [0.25, 0.3) is 0 Å². The molecule has 2 N–H and O–H groups in total. The Morgan fingerprint density at radius 3 is 2.67 bits per heavy atom. The van der Waals surface area contributed by atoms with Gasteiger partial charge in [0.05, 0.1) is 12.1 Å². The first-order valence-corrected chi connectivity index (χ1v) is 7.82. The van der Waals surface area contributed by atoms with Crippen LogP contribution in [0.25, 0.3) is 0 Å². The van der Waals surface area contributed by atoms with Crippen molar-refractivity contribution in [3.05, 3.63) is 11.6 Å². The summed E-state index contributed by atoms with van der Waals surface area (Å²) < 4.78 is 5.39. The number of rotatable bonds is 7. The highest BCUT2D eigenvalue weighted by Gasteiger charge is 2.15. The third-order valence-corrected chi connectivity index (χ3v) is 3.64. The van der Waals surface area contributed by atoms with E-state index < -0.39 is 0 Å². The van der Waals surface area contributed by atoms with Crippen LogP contribution in [0.3, 0.4) is 0 Å². The predicted octanol–water partition coefficient (Wildman–Crippen LogP) is 3.48. The van der Waals surface area contributed by atoms with E-state index in [0.717, 1.165) is 25.5 Å². The molecule has 0 aromatic rings. The number of nitrogens with one attached hydrogen (secondary N) is 2. The Hall–Kier alpha value is -0.300. The zero-order chi connectivity index (χ0) is 14.8. The lowest BCUT2D eigenvalue weighted by Crippen LogP contribution is -2.39. The summed E-state index contributed by atoms with van der Waals surface area (Å²) in [7, 11) is 1.73. The van der Waals surface area contributed by atoms with Gasteiger partial charge < -0.3 is 15.4 Å². The second-order valence-corrected chi connectivity index (χ2v) is 5.94. The first-order chi connectivity index (χ1) is 9.57. The topological polar surface area (TPSA) is 45.7 Å². The fraction of sp³-hybridized carbons (Fsp3) is 0.812. The lowest BCUT2D eigenvalue weighted by atomic mass is 9.97. The van der Waals surface area contributed by atoms with E-state index in [2.05, 4.69) is 28.6 Å². The van der Waals surface area contributed by atoms with Crippen molar-refractivity contribution in [2.24, 2.45) is 4.99 Å². The largest absolute Gasteiger partial charge is 0.377 e. The number of nitrogens with zero attached hydrogens (tertiary/aromatic N) is 1. The molecule has 1 aliphatic rings. The summed E-state index contributed by atoms with van der Waals surface area (Å²) in [6.45, 7) is 8.66. The van der Waals surface area contributed by atoms with Gasteiger partial charge in [0.15, 0.2) is 5.96 Å². The van der Waals surface area contributed by atoms with Crippen molar-refractivity contribution in [2.75, 3.05) is 26.7 Å². The Balaban J connectivity index is 0.00000400.